The molecule has 1 aromatic heterocycles. The summed E-state index contributed by atoms with van der Waals surface area (Å²) in [4.78, 5) is 40.4. The minimum absolute atomic E-state index is 0.00698. The van der Waals surface area contributed by atoms with Crippen molar-refractivity contribution in [2.45, 2.75) is 19.8 Å². The molecule has 0 saturated heterocycles. The Labute approximate surface area is 209 Å². The van der Waals surface area contributed by atoms with Crippen molar-refractivity contribution in [1.29, 1.82) is 0 Å². The molecule has 3 amide bonds. The molecule has 36 heavy (non-hydrogen) atoms. The van der Waals surface area contributed by atoms with Crippen molar-refractivity contribution in [2.75, 3.05) is 16.0 Å². The summed E-state index contributed by atoms with van der Waals surface area (Å²) < 4.78 is 21.1. The van der Waals surface area contributed by atoms with Gasteiger partial charge < -0.3 is 20.7 Å². The van der Waals surface area contributed by atoms with Crippen molar-refractivity contribution in [2.24, 2.45) is 5.92 Å². The molecule has 0 aliphatic heterocycles. The first kappa shape index (κ1) is 23.4. The van der Waals surface area contributed by atoms with Gasteiger partial charge in [-0.25, -0.2) is 14.2 Å². The van der Waals surface area contributed by atoms with E-state index in [1.165, 1.54) is 42.5 Å². The number of fused-ring (bicyclic) bond motifs is 1. The van der Waals surface area contributed by atoms with Gasteiger partial charge in [-0.1, -0.05) is 23.5 Å². The number of halogens is 1. The van der Waals surface area contributed by atoms with E-state index in [0.29, 0.717) is 27.9 Å². The van der Waals surface area contributed by atoms with Crippen LogP contribution < -0.4 is 20.7 Å². The minimum atomic E-state index is -0.668. The second-order valence-electron chi connectivity index (χ2n) is 8.37. The second-order valence-corrected chi connectivity index (χ2v) is 9.40. The van der Waals surface area contributed by atoms with Crippen molar-refractivity contribution in [3.63, 3.8) is 0 Å². The standard InChI is InChI=1S/C26H21FN4O4S/c1-14(32)16-3-2-4-17(11-16)28-25(34)29-22-12-18(7-9-20(22)27)35-19-8-10-21-23(13-19)36-26(30-21)31-24(33)15-5-6-15/h2-4,7-13,15H,5-6H2,1H3,(H2,28,29,34)(H,30,31,33). The molecule has 0 unspecified atom stereocenters. The second kappa shape index (κ2) is 9.74. The summed E-state index contributed by atoms with van der Waals surface area (Å²) in [5.41, 5.74) is 1.50. The van der Waals surface area contributed by atoms with Gasteiger partial charge in [0.1, 0.15) is 17.3 Å². The number of ether oxygens (including phenoxy) is 1. The van der Waals surface area contributed by atoms with Gasteiger partial charge in [-0.2, -0.15) is 0 Å². The van der Waals surface area contributed by atoms with Crippen molar-refractivity contribution in [3.05, 3.63) is 72.0 Å². The van der Waals surface area contributed by atoms with Crippen LogP contribution in [-0.4, -0.2) is 22.7 Å². The maximum Gasteiger partial charge on any atom is 0.323 e. The number of thiazole rings is 1. The fourth-order valence-corrected chi connectivity index (χ4v) is 4.37. The molecule has 1 aliphatic carbocycles. The molecular formula is C26H21FN4O4S. The minimum Gasteiger partial charge on any atom is -0.457 e. The fourth-order valence-electron chi connectivity index (χ4n) is 3.48. The van der Waals surface area contributed by atoms with Crippen molar-refractivity contribution >= 4 is 55.8 Å². The predicted molar refractivity (Wildman–Crippen MR) is 137 cm³/mol. The molecule has 1 saturated carbocycles. The normalized spacial score (nSPS) is 12.7. The highest BCUT2D eigenvalue weighted by Crippen LogP contribution is 2.34. The number of hydrogen-bond donors (Lipinski definition) is 3. The summed E-state index contributed by atoms with van der Waals surface area (Å²) in [6.07, 6.45) is 1.83. The van der Waals surface area contributed by atoms with Crippen LogP contribution in [0.25, 0.3) is 10.2 Å². The Hall–Kier alpha value is -4.31. The Bertz CT molecular complexity index is 1500. The van der Waals surface area contributed by atoms with Crippen LogP contribution in [0, 0.1) is 11.7 Å². The number of hydrogen-bond acceptors (Lipinski definition) is 6. The van der Waals surface area contributed by atoms with Crippen LogP contribution >= 0.6 is 11.3 Å². The molecule has 3 N–H and O–H groups in total. The molecule has 10 heteroatoms. The topological polar surface area (TPSA) is 109 Å². The Morgan fingerprint density at radius 2 is 1.75 bits per heavy atom. The quantitative estimate of drug-likeness (QED) is 0.252. The van der Waals surface area contributed by atoms with E-state index < -0.39 is 11.8 Å². The van der Waals surface area contributed by atoms with Gasteiger partial charge in [0.15, 0.2) is 10.9 Å². The summed E-state index contributed by atoms with van der Waals surface area (Å²) >= 11 is 1.34. The molecule has 0 atom stereocenters. The first-order valence-corrected chi connectivity index (χ1v) is 12.0. The number of rotatable bonds is 7. The van der Waals surface area contributed by atoms with Crippen LogP contribution in [0.15, 0.2) is 60.7 Å². The van der Waals surface area contributed by atoms with Crippen molar-refractivity contribution < 1.29 is 23.5 Å². The molecule has 0 radical (unpaired) electrons. The zero-order chi connectivity index (χ0) is 25.2. The van der Waals surface area contributed by atoms with Gasteiger partial charge >= 0.3 is 6.03 Å². The molecule has 182 valence electrons. The first-order chi connectivity index (χ1) is 17.3. The van der Waals surface area contributed by atoms with Crippen LogP contribution in [-0.2, 0) is 4.79 Å². The third-order valence-corrected chi connectivity index (χ3v) is 6.42. The number of carbonyl (C=O) groups excluding carboxylic acids is 3. The third-order valence-electron chi connectivity index (χ3n) is 5.49. The summed E-state index contributed by atoms with van der Waals surface area (Å²) in [6.45, 7) is 1.43. The first-order valence-electron chi connectivity index (χ1n) is 11.2. The van der Waals surface area contributed by atoms with Crippen LogP contribution in [0.2, 0.25) is 0 Å². The Balaban J connectivity index is 1.27. The fraction of sp³-hybridized carbons (Fsp3) is 0.154. The molecule has 3 aromatic carbocycles. The number of carbonyl (C=O) groups is 3. The molecule has 5 rings (SSSR count). The van der Waals surface area contributed by atoms with E-state index in [0.717, 1.165) is 23.1 Å². The lowest BCUT2D eigenvalue weighted by molar-refractivity contribution is -0.117. The average Bonchev–Trinajstić information content (AvgIpc) is 3.62. The van der Waals surface area contributed by atoms with Gasteiger partial charge in [-0.3, -0.25) is 9.59 Å². The molecule has 4 aromatic rings. The SMILES string of the molecule is CC(=O)c1cccc(NC(=O)Nc2cc(Oc3ccc4nc(NC(=O)C5CC5)sc4c3)ccc2F)c1. The predicted octanol–water partition coefficient (Wildman–Crippen LogP) is 6.42. The lowest BCUT2D eigenvalue weighted by atomic mass is 10.1. The van der Waals surface area contributed by atoms with Crippen molar-refractivity contribution in [3.8, 4) is 11.5 Å². The van der Waals surface area contributed by atoms with Crippen LogP contribution in [0.1, 0.15) is 30.1 Å². The maximum absolute atomic E-state index is 14.4. The smallest absolute Gasteiger partial charge is 0.323 e. The van der Waals surface area contributed by atoms with Gasteiger partial charge in [0, 0.05) is 29.3 Å². The Kier molecular flexibility index (Phi) is 6.34. The Morgan fingerprint density at radius 3 is 2.53 bits per heavy atom. The van der Waals surface area contributed by atoms with Gasteiger partial charge in [0.25, 0.3) is 0 Å². The van der Waals surface area contributed by atoms with E-state index in [-0.39, 0.29) is 23.3 Å². The van der Waals surface area contributed by atoms with E-state index >= 15 is 0 Å². The number of Topliss-reactive ketones (excluding diaryl/α,β-unsaturated/α-hetero) is 1. The monoisotopic (exact) mass is 504 g/mol. The van der Waals surface area contributed by atoms with E-state index in [2.05, 4.69) is 20.9 Å². The number of nitrogens with one attached hydrogen (secondary N) is 3. The number of anilines is 3. The lowest BCUT2D eigenvalue weighted by Gasteiger charge is -2.11. The van der Waals surface area contributed by atoms with E-state index in [9.17, 15) is 18.8 Å². The van der Waals surface area contributed by atoms with Gasteiger partial charge in [0.05, 0.1) is 15.9 Å². The number of ketones is 1. The summed E-state index contributed by atoms with van der Waals surface area (Å²) in [7, 11) is 0. The number of urea groups is 1. The van der Waals surface area contributed by atoms with Crippen LogP contribution in [0.3, 0.4) is 0 Å². The number of aromatic nitrogens is 1. The average molecular weight is 505 g/mol. The van der Waals surface area contributed by atoms with Gasteiger partial charge in [-0.15, -0.1) is 0 Å². The lowest BCUT2D eigenvalue weighted by Crippen LogP contribution is -2.20. The van der Waals surface area contributed by atoms with Gasteiger partial charge in [-0.05, 0) is 56.2 Å². The highest BCUT2D eigenvalue weighted by atomic mass is 32.1. The summed E-state index contributed by atoms with van der Waals surface area (Å²) in [5, 5.41) is 8.42. The molecule has 8 nitrogen and oxygen atoms in total. The summed E-state index contributed by atoms with van der Waals surface area (Å²) in [5.74, 6) is 0.123. The van der Waals surface area contributed by atoms with Crippen LogP contribution in [0.5, 0.6) is 11.5 Å². The maximum atomic E-state index is 14.4. The van der Waals surface area contributed by atoms with Crippen molar-refractivity contribution in [1.82, 2.24) is 4.98 Å². The highest BCUT2D eigenvalue weighted by molar-refractivity contribution is 7.22. The van der Waals surface area contributed by atoms with E-state index in [4.69, 9.17) is 4.74 Å². The number of amides is 3. The summed E-state index contributed by atoms with van der Waals surface area (Å²) in [6, 6.07) is 15.1. The molecule has 0 bridgehead atoms. The zero-order valence-electron chi connectivity index (χ0n) is 19.1. The van der Waals surface area contributed by atoms with E-state index in [1.54, 1.807) is 36.4 Å². The molecular weight excluding hydrogens is 483 g/mol. The van der Waals surface area contributed by atoms with Crippen LogP contribution in [0.4, 0.5) is 25.7 Å². The largest absolute Gasteiger partial charge is 0.457 e. The van der Waals surface area contributed by atoms with Gasteiger partial charge in [0.2, 0.25) is 5.91 Å². The highest BCUT2D eigenvalue weighted by Gasteiger charge is 2.30. The number of benzene rings is 3. The zero-order valence-corrected chi connectivity index (χ0v) is 19.9. The molecule has 1 heterocycles. The number of nitrogens with zero attached hydrogens (tertiary/aromatic N) is 1. The molecule has 1 fully saturated rings. The van der Waals surface area contributed by atoms with E-state index in [1.807, 2.05) is 0 Å². The molecule has 0 spiro atoms. The Morgan fingerprint density at radius 1 is 0.972 bits per heavy atom. The molecule has 1 aliphatic rings. The third kappa shape index (κ3) is 5.49.